The van der Waals surface area contributed by atoms with Gasteiger partial charge in [-0.25, -0.2) is 9.59 Å². The Morgan fingerprint density at radius 2 is 1.93 bits per heavy atom. The molecule has 1 aliphatic rings. The Labute approximate surface area is 174 Å². The van der Waals surface area contributed by atoms with E-state index in [-0.39, 0.29) is 6.42 Å². The number of carboxylic acid groups (broad SMARTS) is 1. The van der Waals surface area contributed by atoms with E-state index >= 15 is 0 Å². The molecule has 0 aliphatic carbocycles. The van der Waals surface area contributed by atoms with Crippen LogP contribution in [0.25, 0.3) is 0 Å². The third kappa shape index (κ3) is 5.90. The number of morpholine rings is 1. The van der Waals surface area contributed by atoms with Crippen molar-refractivity contribution < 1.29 is 24.2 Å². The Hall–Kier alpha value is -1.70. The lowest BCUT2D eigenvalue weighted by atomic mass is 9.99. The van der Waals surface area contributed by atoms with Gasteiger partial charge < -0.3 is 24.8 Å². The molecule has 1 unspecified atom stereocenters. The number of carbonyl (C=O) groups is 2. The molecule has 7 nitrogen and oxygen atoms in total. The summed E-state index contributed by atoms with van der Waals surface area (Å²) in [5.74, 6) is -1.17. The molecule has 0 aromatic heterocycles. The average Bonchev–Trinajstić information content (AvgIpc) is 2.58. The van der Waals surface area contributed by atoms with Gasteiger partial charge in [-0.15, -0.1) is 0 Å². The number of nitrogens with zero attached hydrogens (tertiary/aromatic N) is 1. The molecular weight excluding hydrogens is 407 g/mol. The number of rotatable bonds is 5. The van der Waals surface area contributed by atoms with E-state index in [1.54, 1.807) is 26.8 Å². The summed E-state index contributed by atoms with van der Waals surface area (Å²) in [6, 6.07) is 0.537. The lowest BCUT2D eigenvalue weighted by Crippen LogP contribution is -2.44. The summed E-state index contributed by atoms with van der Waals surface area (Å²) in [7, 11) is 0. The van der Waals surface area contributed by atoms with Crippen molar-refractivity contribution >= 4 is 41.0 Å². The zero-order valence-electron chi connectivity index (χ0n) is 16.5. The first kappa shape index (κ1) is 22.6. The molecule has 0 radical (unpaired) electrons. The standard InChI is InChI=1S/C19H26Cl2N2O5/c1-11-12(10-14(17(24)25)22-18(26)28-19(2,3)4)9-13(20)16(15(11)21)23-5-7-27-8-6-23/h9,14H,5-8,10H2,1-4H3,(H,22,26)(H,24,25). The quantitative estimate of drug-likeness (QED) is 0.737. The molecule has 2 rings (SSSR count). The number of alkyl carbamates (subject to hydrolysis) is 1. The van der Waals surface area contributed by atoms with Crippen LogP contribution in [-0.4, -0.2) is 55.1 Å². The van der Waals surface area contributed by atoms with Gasteiger partial charge in [0.1, 0.15) is 11.6 Å². The van der Waals surface area contributed by atoms with Crippen LogP contribution in [0.2, 0.25) is 10.0 Å². The fraction of sp³-hybridized carbons (Fsp3) is 0.579. The summed E-state index contributed by atoms with van der Waals surface area (Å²) in [6.07, 6.45) is -0.761. The largest absolute Gasteiger partial charge is 0.480 e. The minimum atomic E-state index is -1.17. The Morgan fingerprint density at radius 3 is 2.46 bits per heavy atom. The van der Waals surface area contributed by atoms with Crippen LogP contribution in [0.3, 0.4) is 0 Å². The van der Waals surface area contributed by atoms with Gasteiger partial charge >= 0.3 is 12.1 Å². The molecule has 1 aromatic carbocycles. The van der Waals surface area contributed by atoms with Gasteiger partial charge in [-0.05, 0) is 44.9 Å². The molecular formula is C19H26Cl2N2O5. The van der Waals surface area contributed by atoms with Crippen LogP contribution in [0, 0.1) is 6.92 Å². The highest BCUT2D eigenvalue weighted by atomic mass is 35.5. The number of nitrogens with one attached hydrogen (secondary N) is 1. The fourth-order valence-electron chi connectivity index (χ4n) is 2.91. The van der Waals surface area contributed by atoms with E-state index in [2.05, 4.69) is 10.2 Å². The zero-order valence-corrected chi connectivity index (χ0v) is 18.0. The predicted octanol–water partition coefficient (Wildman–Crippen LogP) is 3.66. The second-order valence-corrected chi connectivity index (χ2v) is 8.43. The molecule has 1 aliphatic heterocycles. The van der Waals surface area contributed by atoms with Crippen molar-refractivity contribution in [3.63, 3.8) is 0 Å². The van der Waals surface area contributed by atoms with Crippen LogP contribution in [0.1, 0.15) is 31.9 Å². The van der Waals surface area contributed by atoms with Gasteiger partial charge in [0.15, 0.2) is 0 Å². The molecule has 1 atom stereocenters. The number of amides is 1. The number of hydrogen-bond donors (Lipinski definition) is 2. The first-order valence-corrected chi connectivity index (χ1v) is 9.77. The highest BCUT2D eigenvalue weighted by Crippen LogP contribution is 2.39. The zero-order chi connectivity index (χ0) is 21.1. The van der Waals surface area contributed by atoms with Crippen molar-refractivity contribution in [1.82, 2.24) is 5.32 Å². The Kier molecular flexibility index (Phi) is 7.42. The third-order valence-electron chi connectivity index (χ3n) is 4.29. The third-order valence-corrected chi connectivity index (χ3v) is 5.04. The molecule has 0 bridgehead atoms. The number of aliphatic carboxylic acids is 1. The molecule has 1 fully saturated rings. The Morgan fingerprint density at radius 1 is 1.32 bits per heavy atom. The van der Waals surface area contributed by atoms with Crippen LogP contribution in [0.15, 0.2) is 6.07 Å². The van der Waals surface area contributed by atoms with E-state index in [1.807, 2.05) is 6.92 Å². The summed E-state index contributed by atoms with van der Waals surface area (Å²) in [4.78, 5) is 25.7. The van der Waals surface area contributed by atoms with Gasteiger partial charge in [-0.1, -0.05) is 23.2 Å². The van der Waals surface area contributed by atoms with Crippen molar-refractivity contribution in [2.75, 3.05) is 31.2 Å². The monoisotopic (exact) mass is 432 g/mol. The molecule has 1 amide bonds. The van der Waals surface area contributed by atoms with Crippen LogP contribution in [-0.2, 0) is 20.7 Å². The van der Waals surface area contributed by atoms with E-state index in [0.717, 1.165) is 11.3 Å². The average molecular weight is 433 g/mol. The summed E-state index contributed by atoms with van der Waals surface area (Å²) >= 11 is 13.0. The summed E-state index contributed by atoms with van der Waals surface area (Å²) in [5, 5.41) is 12.8. The maximum atomic E-state index is 12.0. The molecule has 156 valence electrons. The van der Waals surface area contributed by atoms with Gasteiger partial charge in [-0.2, -0.15) is 0 Å². The van der Waals surface area contributed by atoms with E-state index < -0.39 is 23.7 Å². The van der Waals surface area contributed by atoms with Crippen molar-refractivity contribution in [2.24, 2.45) is 0 Å². The van der Waals surface area contributed by atoms with Crippen molar-refractivity contribution in [3.05, 3.63) is 27.2 Å². The maximum absolute atomic E-state index is 12.0. The molecule has 0 spiro atoms. The van der Waals surface area contributed by atoms with Crippen LogP contribution in [0.4, 0.5) is 10.5 Å². The van der Waals surface area contributed by atoms with Crippen molar-refractivity contribution in [1.29, 1.82) is 0 Å². The Bertz CT molecular complexity index is 743. The fourth-order valence-corrected chi connectivity index (χ4v) is 3.65. The molecule has 1 aromatic rings. The second kappa shape index (κ2) is 9.20. The van der Waals surface area contributed by atoms with E-state index in [0.29, 0.717) is 41.9 Å². The molecule has 0 saturated carbocycles. The summed E-state index contributed by atoms with van der Waals surface area (Å²) < 4.78 is 10.5. The number of hydrogen-bond acceptors (Lipinski definition) is 5. The molecule has 28 heavy (non-hydrogen) atoms. The predicted molar refractivity (Wildman–Crippen MR) is 109 cm³/mol. The smallest absolute Gasteiger partial charge is 0.408 e. The number of ether oxygens (including phenoxy) is 2. The molecule has 1 heterocycles. The summed E-state index contributed by atoms with van der Waals surface area (Å²) in [6.45, 7) is 9.46. The lowest BCUT2D eigenvalue weighted by Gasteiger charge is -2.31. The SMILES string of the molecule is Cc1c(CC(NC(=O)OC(C)(C)C)C(=O)O)cc(Cl)c(N2CCOCC2)c1Cl. The van der Waals surface area contributed by atoms with Gasteiger partial charge in [0.25, 0.3) is 0 Å². The number of benzene rings is 1. The van der Waals surface area contributed by atoms with E-state index in [9.17, 15) is 14.7 Å². The number of anilines is 1. The first-order valence-electron chi connectivity index (χ1n) is 9.02. The van der Waals surface area contributed by atoms with Crippen LogP contribution in [0.5, 0.6) is 0 Å². The molecule has 2 N–H and O–H groups in total. The minimum absolute atomic E-state index is 0.0310. The number of carbonyl (C=O) groups excluding carboxylic acids is 1. The highest BCUT2D eigenvalue weighted by Gasteiger charge is 2.27. The normalized spacial score (nSPS) is 15.9. The van der Waals surface area contributed by atoms with Crippen LogP contribution >= 0.6 is 23.2 Å². The highest BCUT2D eigenvalue weighted by molar-refractivity contribution is 6.39. The minimum Gasteiger partial charge on any atom is -0.480 e. The maximum Gasteiger partial charge on any atom is 0.408 e. The van der Waals surface area contributed by atoms with Crippen LogP contribution < -0.4 is 10.2 Å². The topological polar surface area (TPSA) is 88.1 Å². The lowest BCUT2D eigenvalue weighted by molar-refractivity contribution is -0.139. The van der Waals surface area contributed by atoms with Gasteiger partial charge in [-0.3, -0.25) is 0 Å². The van der Waals surface area contributed by atoms with E-state index in [1.165, 1.54) is 0 Å². The second-order valence-electron chi connectivity index (χ2n) is 7.65. The summed E-state index contributed by atoms with van der Waals surface area (Å²) in [5.41, 5.74) is 1.37. The van der Waals surface area contributed by atoms with E-state index in [4.69, 9.17) is 32.7 Å². The number of carboxylic acids is 1. The molecule has 9 heteroatoms. The first-order chi connectivity index (χ1) is 13.0. The van der Waals surface area contributed by atoms with Gasteiger partial charge in [0.05, 0.1) is 28.9 Å². The van der Waals surface area contributed by atoms with Crippen molar-refractivity contribution in [3.8, 4) is 0 Å². The Balaban J connectivity index is 2.23. The van der Waals surface area contributed by atoms with Gasteiger partial charge in [0.2, 0.25) is 0 Å². The number of halogens is 2. The van der Waals surface area contributed by atoms with Gasteiger partial charge in [0, 0.05) is 19.5 Å². The molecule has 1 saturated heterocycles. The van der Waals surface area contributed by atoms with Crippen molar-refractivity contribution in [2.45, 2.75) is 45.8 Å².